The van der Waals surface area contributed by atoms with Crippen molar-refractivity contribution in [2.75, 3.05) is 0 Å². The van der Waals surface area contributed by atoms with Gasteiger partial charge in [0.25, 0.3) is 0 Å². The summed E-state index contributed by atoms with van der Waals surface area (Å²) < 4.78 is 48.5. The summed E-state index contributed by atoms with van der Waals surface area (Å²) in [6.45, 7) is 4.04. The van der Waals surface area contributed by atoms with Gasteiger partial charge in [0.15, 0.2) is 17.4 Å². The number of halogens is 3. The average Bonchev–Trinajstić information content (AvgIpc) is 3.76. The minimum atomic E-state index is -4.75. The smallest absolute Gasteiger partial charge is 0.447 e. The molecule has 6 rings (SSSR count). The Hall–Kier alpha value is -5.69. The number of hydrazone groups is 1. The Labute approximate surface area is 278 Å². The largest absolute Gasteiger partial charge is 0.573 e. The highest BCUT2D eigenvalue weighted by Crippen LogP contribution is 2.29. The molecule has 0 saturated heterocycles. The zero-order valence-electron chi connectivity index (χ0n) is 25.7. The highest BCUT2D eigenvalue weighted by molar-refractivity contribution is 8.13. The van der Waals surface area contributed by atoms with E-state index >= 15 is 0 Å². The molecule has 0 fully saturated rings. The molecule has 2 heterocycles. The van der Waals surface area contributed by atoms with Crippen LogP contribution in [0.2, 0.25) is 0 Å². The van der Waals surface area contributed by atoms with Gasteiger partial charge in [-0.15, -0.1) is 18.3 Å². The number of aryl methyl sites for hydroxylation is 2. The number of aliphatic imine (C=N–C) groups is 1. The first-order chi connectivity index (χ1) is 23.2. The van der Waals surface area contributed by atoms with Crippen LogP contribution in [0, 0.1) is 13.8 Å². The van der Waals surface area contributed by atoms with Crippen molar-refractivity contribution in [3.8, 4) is 34.1 Å². The molecule has 13 heteroatoms. The Morgan fingerprint density at radius 1 is 0.896 bits per heavy atom. The number of amidine groups is 1. The first kappa shape index (κ1) is 32.3. The molecule has 4 aromatic carbocycles. The monoisotopic (exact) mass is 667 g/mol. The van der Waals surface area contributed by atoms with E-state index in [4.69, 9.17) is 9.41 Å². The van der Waals surface area contributed by atoms with Gasteiger partial charge in [-0.2, -0.15) is 5.10 Å². The topological polar surface area (TPSA) is 103 Å². The van der Waals surface area contributed by atoms with Crippen LogP contribution in [0.25, 0.3) is 28.3 Å². The minimum absolute atomic E-state index is 0.312. The summed E-state index contributed by atoms with van der Waals surface area (Å²) in [6.07, 6.45) is -0.130. The molecule has 0 aliphatic heterocycles. The van der Waals surface area contributed by atoms with Crippen LogP contribution in [0.5, 0.6) is 5.75 Å². The van der Waals surface area contributed by atoms with E-state index < -0.39 is 6.36 Å². The van der Waals surface area contributed by atoms with E-state index in [9.17, 15) is 13.2 Å². The van der Waals surface area contributed by atoms with E-state index in [0.717, 1.165) is 45.0 Å². The van der Waals surface area contributed by atoms with E-state index in [0.29, 0.717) is 22.4 Å². The molecular weight excluding hydrogens is 639 g/mol. The normalized spacial score (nSPS) is 12.1. The number of rotatable bonds is 9. The van der Waals surface area contributed by atoms with E-state index in [1.807, 2.05) is 86.6 Å². The van der Waals surface area contributed by atoms with Gasteiger partial charge in [-0.3, -0.25) is 5.43 Å². The van der Waals surface area contributed by atoms with E-state index in [-0.39, 0.29) is 5.75 Å². The summed E-state index contributed by atoms with van der Waals surface area (Å²) in [5.74, 6) is 1.35. The van der Waals surface area contributed by atoms with Gasteiger partial charge in [0.2, 0.25) is 0 Å². The predicted molar refractivity (Wildman–Crippen MR) is 180 cm³/mol. The van der Waals surface area contributed by atoms with Crippen molar-refractivity contribution in [2.45, 2.75) is 26.0 Å². The summed E-state index contributed by atoms with van der Waals surface area (Å²) >= 11 is 1.45. The second kappa shape index (κ2) is 14.4. The molecule has 0 aliphatic carbocycles. The summed E-state index contributed by atoms with van der Waals surface area (Å²) in [5.41, 5.74) is 9.92. The Balaban J connectivity index is 1.14. The second-order valence-electron chi connectivity index (χ2n) is 10.5. The van der Waals surface area contributed by atoms with Crippen LogP contribution < -0.4 is 10.2 Å². The molecule has 242 valence electrons. The third-order valence-electron chi connectivity index (χ3n) is 7.05. The Bertz CT molecular complexity index is 2020. The highest BCUT2D eigenvalue weighted by atomic mass is 32.2. The number of hydrogen-bond acceptors (Lipinski definition) is 8. The molecule has 0 bridgehead atoms. The lowest BCUT2D eigenvalue weighted by molar-refractivity contribution is -0.274. The maximum atomic E-state index is 12.5. The third-order valence-corrected chi connectivity index (χ3v) is 7.91. The molecule has 0 radical (unpaired) electrons. The number of thioether (sulfide) groups is 1. The van der Waals surface area contributed by atoms with Gasteiger partial charge >= 0.3 is 6.36 Å². The lowest BCUT2D eigenvalue weighted by atomic mass is 10.1. The molecule has 0 amide bonds. The summed E-state index contributed by atoms with van der Waals surface area (Å²) in [5, 5.41) is 9.51. The second-order valence-corrected chi connectivity index (χ2v) is 11.4. The van der Waals surface area contributed by atoms with Crippen LogP contribution in [0.4, 0.5) is 18.9 Å². The first-order valence-electron chi connectivity index (χ1n) is 14.6. The van der Waals surface area contributed by atoms with Crippen LogP contribution >= 0.6 is 11.8 Å². The molecule has 0 spiro atoms. The third kappa shape index (κ3) is 8.17. The number of benzene rings is 4. The molecule has 0 unspecified atom stereocenters. The maximum absolute atomic E-state index is 12.5. The van der Waals surface area contributed by atoms with Crippen LogP contribution in [-0.4, -0.2) is 37.5 Å². The van der Waals surface area contributed by atoms with Crippen LogP contribution in [0.1, 0.15) is 22.5 Å². The lowest BCUT2D eigenvalue weighted by Crippen LogP contribution is -2.17. The fourth-order valence-electron chi connectivity index (χ4n) is 4.71. The molecule has 0 aliphatic rings. The minimum Gasteiger partial charge on any atom is -0.447 e. The van der Waals surface area contributed by atoms with Crippen molar-refractivity contribution >= 4 is 28.8 Å². The van der Waals surface area contributed by atoms with E-state index in [1.165, 1.54) is 53.4 Å². The van der Waals surface area contributed by atoms with Crippen molar-refractivity contribution in [2.24, 2.45) is 10.1 Å². The number of para-hydroxylation sites is 1. The van der Waals surface area contributed by atoms with Crippen LogP contribution in [0.15, 0.2) is 124 Å². The zero-order valence-corrected chi connectivity index (χ0v) is 26.5. The van der Waals surface area contributed by atoms with Crippen LogP contribution in [-0.2, 0) is 5.75 Å². The van der Waals surface area contributed by atoms with E-state index in [1.54, 1.807) is 6.21 Å². The van der Waals surface area contributed by atoms with Gasteiger partial charge in [-0.25, -0.2) is 19.6 Å². The summed E-state index contributed by atoms with van der Waals surface area (Å²) in [4.78, 5) is 13.7. The van der Waals surface area contributed by atoms with Crippen molar-refractivity contribution in [1.29, 1.82) is 0 Å². The van der Waals surface area contributed by atoms with Gasteiger partial charge in [0.1, 0.15) is 23.5 Å². The van der Waals surface area contributed by atoms with E-state index in [2.05, 4.69) is 30.3 Å². The number of hydrogen-bond donors (Lipinski definition) is 1. The lowest BCUT2D eigenvalue weighted by Gasteiger charge is -2.09. The standard InChI is InChI=1S/C35H28F3N7O2S/c1-23-7-6-8-24(2)31(23)42-34(48-20-30-32(40-22-46-30)26-9-4-3-5-10-26)43-41-19-25-11-13-27(14-12-25)33-39-21-45(44-33)28-15-17-29(18-16-28)47-35(36,37)38/h3-19,21-22H,20H2,1-2H3,(H,42,43)/b41-19-. The van der Waals surface area contributed by atoms with Gasteiger partial charge in [0, 0.05) is 11.1 Å². The van der Waals surface area contributed by atoms with Gasteiger partial charge in [-0.05, 0) is 54.8 Å². The van der Waals surface area contributed by atoms with Gasteiger partial charge in [0.05, 0.1) is 23.3 Å². The van der Waals surface area contributed by atoms with Gasteiger partial charge in [-0.1, -0.05) is 84.6 Å². The van der Waals surface area contributed by atoms with Crippen molar-refractivity contribution in [3.63, 3.8) is 0 Å². The Morgan fingerprint density at radius 3 is 2.33 bits per heavy atom. The fraction of sp³-hybridized carbons (Fsp3) is 0.114. The average molecular weight is 668 g/mol. The molecule has 0 saturated carbocycles. The molecular formula is C35H28F3N7O2S. The molecule has 1 N–H and O–H groups in total. The fourth-order valence-corrected chi connectivity index (χ4v) is 5.46. The molecule has 2 aromatic heterocycles. The number of ether oxygens (including phenoxy) is 1. The number of nitrogens with one attached hydrogen (secondary N) is 1. The SMILES string of the molecule is Cc1cccc(C)c1N=C(N/N=C\c1ccc(-c2ncn(-c3ccc(OC(F)(F)F)cc3)n2)cc1)SCc1ocnc1-c1ccccc1. The molecule has 48 heavy (non-hydrogen) atoms. The first-order valence-corrected chi connectivity index (χ1v) is 15.6. The quantitative estimate of drug-likeness (QED) is 0.0935. The Morgan fingerprint density at radius 2 is 1.62 bits per heavy atom. The summed E-state index contributed by atoms with van der Waals surface area (Å²) in [7, 11) is 0. The number of aromatic nitrogens is 4. The predicted octanol–water partition coefficient (Wildman–Crippen LogP) is 8.65. The number of nitrogens with zero attached hydrogens (tertiary/aromatic N) is 6. The molecule has 6 aromatic rings. The van der Waals surface area contributed by atoms with Crippen molar-refractivity contribution in [1.82, 2.24) is 25.2 Å². The maximum Gasteiger partial charge on any atom is 0.573 e. The van der Waals surface area contributed by atoms with Crippen molar-refractivity contribution < 1.29 is 22.3 Å². The number of alkyl halides is 3. The zero-order chi connectivity index (χ0) is 33.5. The van der Waals surface area contributed by atoms with Crippen LogP contribution in [0.3, 0.4) is 0 Å². The molecule has 0 atom stereocenters. The van der Waals surface area contributed by atoms with Crippen molar-refractivity contribution in [3.05, 3.63) is 132 Å². The highest BCUT2D eigenvalue weighted by Gasteiger charge is 2.31. The Kier molecular flexibility index (Phi) is 9.67. The molecule has 9 nitrogen and oxygen atoms in total. The summed E-state index contributed by atoms with van der Waals surface area (Å²) in [6, 6.07) is 28.7. The van der Waals surface area contributed by atoms with Gasteiger partial charge < -0.3 is 9.15 Å². The number of oxazole rings is 1.